The fourth-order valence-electron chi connectivity index (χ4n) is 1.58. The Morgan fingerprint density at radius 1 is 1.20 bits per heavy atom. The molecule has 0 bridgehead atoms. The number of nitrogens with one attached hydrogen (secondary N) is 1. The molecule has 0 aliphatic rings. The summed E-state index contributed by atoms with van der Waals surface area (Å²) >= 11 is 6.77. The van der Waals surface area contributed by atoms with Gasteiger partial charge in [-0.15, -0.1) is 0 Å². The molecule has 1 N–H and O–H groups in total. The standard InChI is InChI=1S/C13H12Br2N2O2S/c1-20(18,19)11-4-2-9(3-5-11)7-16-13-12(15)6-10(14)8-17-13/h2-6,8H,7H2,1H3,(H,16,17). The zero-order valence-electron chi connectivity index (χ0n) is 10.6. The second-order valence-corrected chi connectivity index (χ2v) is 8.04. The number of nitrogens with zero attached hydrogens (tertiary/aromatic N) is 1. The maximum atomic E-state index is 11.4. The molecular weight excluding hydrogens is 408 g/mol. The van der Waals surface area contributed by atoms with E-state index in [1.807, 2.05) is 6.07 Å². The summed E-state index contributed by atoms with van der Waals surface area (Å²) in [5.74, 6) is 0.736. The highest BCUT2D eigenvalue weighted by Crippen LogP contribution is 2.24. The Labute approximate surface area is 134 Å². The molecule has 0 aliphatic heterocycles. The van der Waals surface area contributed by atoms with Crippen LogP contribution in [0.3, 0.4) is 0 Å². The van der Waals surface area contributed by atoms with Gasteiger partial charge in [0.2, 0.25) is 0 Å². The van der Waals surface area contributed by atoms with Crippen LogP contribution in [-0.2, 0) is 16.4 Å². The van der Waals surface area contributed by atoms with Crippen LogP contribution in [0.4, 0.5) is 5.82 Å². The quantitative estimate of drug-likeness (QED) is 0.821. The van der Waals surface area contributed by atoms with Crippen LogP contribution in [-0.4, -0.2) is 19.7 Å². The Morgan fingerprint density at radius 2 is 1.85 bits per heavy atom. The van der Waals surface area contributed by atoms with Gasteiger partial charge in [0.1, 0.15) is 5.82 Å². The lowest BCUT2D eigenvalue weighted by atomic mass is 10.2. The lowest BCUT2D eigenvalue weighted by molar-refractivity contribution is 0.602. The summed E-state index contributed by atoms with van der Waals surface area (Å²) in [6.07, 6.45) is 2.91. The number of pyridine rings is 1. The predicted octanol–water partition coefficient (Wildman–Crippen LogP) is 3.62. The van der Waals surface area contributed by atoms with E-state index in [0.29, 0.717) is 11.4 Å². The van der Waals surface area contributed by atoms with Crippen LogP contribution in [0.2, 0.25) is 0 Å². The molecule has 0 unspecified atom stereocenters. The lowest BCUT2D eigenvalue weighted by Crippen LogP contribution is -2.03. The van der Waals surface area contributed by atoms with Crippen molar-refractivity contribution in [3.63, 3.8) is 0 Å². The van der Waals surface area contributed by atoms with Gasteiger partial charge in [-0.3, -0.25) is 0 Å². The van der Waals surface area contributed by atoms with Crippen LogP contribution in [0.15, 0.2) is 50.4 Å². The van der Waals surface area contributed by atoms with Gasteiger partial charge >= 0.3 is 0 Å². The van der Waals surface area contributed by atoms with Gasteiger partial charge in [0.15, 0.2) is 9.84 Å². The minimum Gasteiger partial charge on any atom is -0.365 e. The maximum Gasteiger partial charge on any atom is 0.175 e. The third-order valence-corrected chi connectivity index (χ3v) is 4.79. The smallest absolute Gasteiger partial charge is 0.175 e. The highest BCUT2D eigenvalue weighted by Gasteiger charge is 2.06. The van der Waals surface area contributed by atoms with E-state index in [1.165, 1.54) is 6.26 Å². The van der Waals surface area contributed by atoms with Gasteiger partial charge in [-0.05, 0) is 55.6 Å². The summed E-state index contributed by atoms with van der Waals surface area (Å²) in [7, 11) is -3.14. The van der Waals surface area contributed by atoms with E-state index < -0.39 is 9.84 Å². The van der Waals surface area contributed by atoms with Crippen molar-refractivity contribution in [3.05, 3.63) is 51.0 Å². The molecule has 0 saturated heterocycles. The van der Waals surface area contributed by atoms with Gasteiger partial charge in [0.25, 0.3) is 0 Å². The molecule has 0 amide bonds. The van der Waals surface area contributed by atoms with Crippen LogP contribution in [0.25, 0.3) is 0 Å². The van der Waals surface area contributed by atoms with Gasteiger partial charge in [-0.1, -0.05) is 12.1 Å². The number of halogens is 2. The second-order valence-electron chi connectivity index (χ2n) is 4.25. The van der Waals surface area contributed by atoms with E-state index in [9.17, 15) is 8.42 Å². The first-order chi connectivity index (χ1) is 9.36. The minimum absolute atomic E-state index is 0.323. The zero-order chi connectivity index (χ0) is 14.8. The maximum absolute atomic E-state index is 11.4. The molecule has 0 atom stereocenters. The first-order valence-electron chi connectivity index (χ1n) is 5.70. The lowest BCUT2D eigenvalue weighted by Gasteiger charge is -2.08. The van der Waals surface area contributed by atoms with E-state index in [-0.39, 0.29) is 0 Å². The Kier molecular flexibility index (Phi) is 4.82. The summed E-state index contributed by atoms with van der Waals surface area (Å²) in [6.45, 7) is 0.567. The summed E-state index contributed by atoms with van der Waals surface area (Å²) in [4.78, 5) is 4.57. The van der Waals surface area contributed by atoms with E-state index >= 15 is 0 Å². The largest absolute Gasteiger partial charge is 0.365 e. The van der Waals surface area contributed by atoms with Crippen molar-refractivity contribution in [2.24, 2.45) is 0 Å². The number of hydrogen-bond acceptors (Lipinski definition) is 4. The van der Waals surface area contributed by atoms with Gasteiger partial charge in [0.05, 0.1) is 9.37 Å². The molecule has 1 aromatic carbocycles. The first-order valence-corrected chi connectivity index (χ1v) is 9.18. The third-order valence-electron chi connectivity index (χ3n) is 2.62. The SMILES string of the molecule is CS(=O)(=O)c1ccc(CNc2ncc(Br)cc2Br)cc1. The average molecular weight is 420 g/mol. The van der Waals surface area contributed by atoms with Crippen molar-refractivity contribution in [1.82, 2.24) is 4.98 Å². The van der Waals surface area contributed by atoms with E-state index in [1.54, 1.807) is 30.5 Å². The first kappa shape index (κ1) is 15.5. The van der Waals surface area contributed by atoms with Crippen molar-refractivity contribution in [2.75, 3.05) is 11.6 Å². The van der Waals surface area contributed by atoms with Gasteiger partial charge in [-0.2, -0.15) is 0 Å². The Bertz CT molecular complexity index is 716. The summed E-state index contributed by atoms with van der Waals surface area (Å²) in [5, 5.41) is 3.19. The van der Waals surface area contributed by atoms with E-state index in [4.69, 9.17) is 0 Å². The molecule has 2 rings (SSSR count). The number of sulfone groups is 1. The highest BCUT2D eigenvalue weighted by atomic mass is 79.9. The Hall–Kier alpha value is -0.920. The van der Waals surface area contributed by atoms with Crippen molar-refractivity contribution in [2.45, 2.75) is 11.4 Å². The van der Waals surface area contributed by atoms with Gasteiger partial charge in [-0.25, -0.2) is 13.4 Å². The zero-order valence-corrected chi connectivity index (χ0v) is 14.6. The molecule has 2 aromatic rings. The highest BCUT2D eigenvalue weighted by molar-refractivity contribution is 9.11. The van der Waals surface area contributed by atoms with Crippen molar-refractivity contribution >= 4 is 47.5 Å². The number of rotatable bonds is 4. The summed E-state index contributed by atoms with van der Waals surface area (Å²) in [6, 6.07) is 8.70. The fraction of sp³-hybridized carbons (Fsp3) is 0.154. The molecule has 0 aliphatic carbocycles. The molecule has 0 saturated carbocycles. The third kappa shape index (κ3) is 4.04. The van der Waals surface area contributed by atoms with Crippen LogP contribution in [0.1, 0.15) is 5.56 Å². The van der Waals surface area contributed by atoms with Crippen molar-refractivity contribution < 1.29 is 8.42 Å². The normalized spacial score (nSPS) is 11.3. The van der Waals surface area contributed by atoms with Crippen LogP contribution in [0, 0.1) is 0 Å². The average Bonchev–Trinajstić information content (AvgIpc) is 2.37. The molecule has 106 valence electrons. The molecule has 0 radical (unpaired) electrons. The molecule has 0 fully saturated rings. The van der Waals surface area contributed by atoms with Gasteiger partial charge < -0.3 is 5.32 Å². The van der Waals surface area contributed by atoms with E-state index in [2.05, 4.69) is 42.2 Å². The van der Waals surface area contributed by atoms with Crippen LogP contribution < -0.4 is 5.32 Å². The summed E-state index contributed by atoms with van der Waals surface area (Å²) in [5.41, 5.74) is 0.981. The number of hydrogen-bond donors (Lipinski definition) is 1. The second kappa shape index (κ2) is 6.24. The number of anilines is 1. The van der Waals surface area contributed by atoms with Gasteiger partial charge in [0, 0.05) is 23.5 Å². The van der Waals surface area contributed by atoms with Crippen molar-refractivity contribution in [1.29, 1.82) is 0 Å². The Balaban J connectivity index is 2.08. The molecule has 7 heteroatoms. The Morgan fingerprint density at radius 3 is 2.40 bits per heavy atom. The fourth-order valence-corrected chi connectivity index (χ4v) is 3.34. The number of benzene rings is 1. The monoisotopic (exact) mass is 418 g/mol. The van der Waals surface area contributed by atoms with Crippen LogP contribution in [0.5, 0.6) is 0 Å². The number of aromatic nitrogens is 1. The molecule has 4 nitrogen and oxygen atoms in total. The summed E-state index contributed by atoms with van der Waals surface area (Å²) < 4.78 is 24.5. The van der Waals surface area contributed by atoms with Crippen molar-refractivity contribution in [3.8, 4) is 0 Å². The molecule has 0 spiro atoms. The minimum atomic E-state index is -3.14. The molecule has 1 aromatic heterocycles. The molecular formula is C13H12Br2N2O2S. The topological polar surface area (TPSA) is 59.1 Å². The predicted molar refractivity (Wildman–Crippen MR) is 86.5 cm³/mol. The molecule has 20 heavy (non-hydrogen) atoms. The van der Waals surface area contributed by atoms with E-state index in [0.717, 1.165) is 20.3 Å². The van der Waals surface area contributed by atoms with Crippen LogP contribution >= 0.6 is 31.9 Å². The molecule has 1 heterocycles.